The lowest BCUT2D eigenvalue weighted by Gasteiger charge is -2.23. The second-order valence-electron chi connectivity index (χ2n) is 5.87. The van der Waals surface area contributed by atoms with Crippen LogP contribution in [0.1, 0.15) is 55.4 Å². The molecule has 0 unspecified atom stereocenters. The van der Waals surface area contributed by atoms with E-state index in [1.54, 1.807) is 22.3 Å². The van der Waals surface area contributed by atoms with Crippen molar-refractivity contribution in [1.82, 2.24) is 0 Å². The van der Waals surface area contributed by atoms with Gasteiger partial charge in [0.1, 0.15) is 0 Å². The molecule has 0 radical (unpaired) electrons. The molecule has 0 heterocycles. The maximum atomic E-state index is 2.52. The minimum Gasteiger partial charge on any atom is -0.0558 e. The molecule has 0 nitrogen and oxygen atoms in total. The first-order valence-corrected chi connectivity index (χ1v) is 6.32. The molecule has 0 spiro atoms. The third-order valence-corrected chi connectivity index (χ3v) is 4.32. The molecular formula is C15H20. The average Bonchev–Trinajstić information content (AvgIpc) is 2.52. The van der Waals surface area contributed by atoms with Crippen molar-refractivity contribution in [3.05, 3.63) is 34.4 Å². The number of hydrogen-bond acceptors (Lipinski definition) is 0. The molecule has 0 amide bonds. The van der Waals surface area contributed by atoms with Crippen molar-refractivity contribution in [2.75, 3.05) is 0 Å². The predicted molar refractivity (Wildman–Crippen MR) is 64.4 cm³/mol. The highest BCUT2D eigenvalue weighted by Crippen LogP contribution is 2.40. The Morgan fingerprint density at radius 1 is 0.867 bits per heavy atom. The first kappa shape index (κ1) is 9.45. The number of benzene rings is 1. The lowest BCUT2D eigenvalue weighted by molar-refractivity contribution is 0.521. The van der Waals surface area contributed by atoms with E-state index in [9.17, 15) is 0 Å². The zero-order valence-corrected chi connectivity index (χ0v) is 9.90. The van der Waals surface area contributed by atoms with Crippen LogP contribution in [-0.4, -0.2) is 0 Å². The molecule has 0 fully saturated rings. The Kier molecular flexibility index (Phi) is 1.95. The number of fused-ring (bicyclic) bond motifs is 2. The van der Waals surface area contributed by atoms with Crippen LogP contribution in [0.2, 0.25) is 0 Å². The van der Waals surface area contributed by atoms with Crippen molar-refractivity contribution < 1.29 is 0 Å². The van der Waals surface area contributed by atoms with Crippen molar-refractivity contribution in [3.8, 4) is 0 Å². The first-order chi connectivity index (χ1) is 7.17. The van der Waals surface area contributed by atoms with Gasteiger partial charge in [-0.1, -0.05) is 26.0 Å². The topological polar surface area (TPSA) is 0 Å². The van der Waals surface area contributed by atoms with Crippen molar-refractivity contribution in [1.29, 1.82) is 0 Å². The van der Waals surface area contributed by atoms with E-state index in [2.05, 4.69) is 26.0 Å². The number of aryl methyl sites for hydroxylation is 3. The maximum Gasteiger partial charge on any atom is -0.00976 e. The molecular weight excluding hydrogens is 180 g/mol. The highest BCUT2D eigenvalue weighted by Gasteiger charge is 2.30. The second-order valence-corrected chi connectivity index (χ2v) is 5.87. The first-order valence-electron chi connectivity index (χ1n) is 6.32. The van der Waals surface area contributed by atoms with E-state index >= 15 is 0 Å². The summed E-state index contributed by atoms with van der Waals surface area (Å²) in [7, 11) is 0. The SMILES string of the molecule is CC1(C)CCc2cc3c(cc21)CCCC3. The second kappa shape index (κ2) is 3.10. The van der Waals surface area contributed by atoms with Crippen LogP contribution in [0.3, 0.4) is 0 Å². The normalized spacial score (nSPS) is 22.3. The lowest BCUT2D eigenvalue weighted by atomic mass is 9.82. The van der Waals surface area contributed by atoms with Crippen molar-refractivity contribution >= 4 is 0 Å². The van der Waals surface area contributed by atoms with Gasteiger partial charge in [-0.2, -0.15) is 0 Å². The van der Waals surface area contributed by atoms with E-state index in [1.807, 2.05) is 0 Å². The van der Waals surface area contributed by atoms with E-state index in [0.717, 1.165) is 0 Å². The summed E-state index contributed by atoms with van der Waals surface area (Å²) in [4.78, 5) is 0. The Bertz CT molecular complexity index is 399. The monoisotopic (exact) mass is 200 g/mol. The van der Waals surface area contributed by atoms with Gasteiger partial charge < -0.3 is 0 Å². The fourth-order valence-electron chi connectivity index (χ4n) is 3.26. The predicted octanol–water partition coefficient (Wildman–Crippen LogP) is 3.79. The fourth-order valence-corrected chi connectivity index (χ4v) is 3.26. The van der Waals surface area contributed by atoms with Crippen molar-refractivity contribution in [2.45, 2.75) is 57.8 Å². The van der Waals surface area contributed by atoms with Crippen LogP contribution in [-0.2, 0) is 24.7 Å². The highest BCUT2D eigenvalue weighted by atomic mass is 14.3. The molecule has 2 aliphatic carbocycles. The van der Waals surface area contributed by atoms with Gasteiger partial charge in [0.15, 0.2) is 0 Å². The molecule has 1 aromatic carbocycles. The molecule has 0 aromatic heterocycles. The van der Waals surface area contributed by atoms with Crippen LogP contribution >= 0.6 is 0 Å². The Labute approximate surface area is 92.7 Å². The quantitative estimate of drug-likeness (QED) is 0.597. The molecule has 0 saturated carbocycles. The van der Waals surface area contributed by atoms with E-state index in [-0.39, 0.29) is 0 Å². The largest absolute Gasteiger partial charge is 0.0558 e. The molecule has 2 aliphatic rings. The van der Waals surface area contributed by atoms with Gasteiger partial charge in [-0.3, -0.25) is 0 Å². The fraction of sp³-hybridized carbons (Fsp3) is 0.600. The summed E-state index contributed by atoms with van der Waals surface area (Å²) in [5.74, 6) is 0. The maximum absolute atomic E-state index is 2.52. The van der Waals surface area contributed by atoms with E-state index in [1.165, 1.54) is 38.5 Å². The smallest absolute Gasteiger partial charge is 0.00976 e. The van der Waals surface area contributed by atoms with Gasteiger partial charge in [-0.15, -0.1) is 0 Å². The summed E-state index contributed by atoms with van der Waals surface area (Å²) in [6.45, 7) is 4.79. The molecule has 15 heavy (non-hydrogen) atoms. The number of rotatable bonds is 0. The Morgan fingerprint density at radius 2 is 1.53 bits per heavy atom. The Hall–Kier alpha value is -0.780. The van der Waals surface area contributed by atoms with E-state index in [4.69, 9.17) is 0 Å². The van der Waals surface area contributed by atoms with Gasteiger partial charge in [-0.25, -0.2) is 0 Å². The Morgan fingerprint density at radius 3 is 2.27 bits per heavy atom. The van der Waals surface area contributed by atoms with Gasteiger partial charge in [0.05, 0.1) is 0 Å². The molecule has 0 N–H and O–H groups in total. The van der Waals surface area contributed by atoms with Crippen LogP contribution in [0, 0.1) is 0 Å². The van der Waals surface area contributed by atoms with Crippen LogP contribution in [0.5, 0.6) is 0 Å². The zero-order valence-electron chi connectivity index (χ0n) is 9.90. The summed E-state index contributed by atoms with van der Waals surface area (Å²) in [6.07, 6.45) is 8.07. The molecule has 80 valence electrons. The molecule has 0 atom stereocenters. The summed E-state index contributed by atoms with van der Waals surface area (Å²) < 4.78 is 0. The summed E-state index contributed by atoms with van der Waals surface area (Å²) in [5, 5.41) is 0. The molecule has 0 aliphatic heterocycles. The third kappa shape index (κ3) is 1.42. The molecule has 0 bridgehead atoms. The average molecular weight is 200 g/mol. The van der Waals surface area contributed by atoms with Gasteiger partial charge in [-0.05, 0) is 66.2 Å². The van der Waals surface area contributed by atoms with Gasteiger partial charge in [0.2, 0.25) is 0 Å². The zero-order chi connectivity index (χ0) is 10.5. The van der Waals surface area contributed by atoms with Gasteiger partial charge in [0.25, 0.3) is 0 Å². The van der Waals surface area contributed by atoms with Crippen molar-refractivity contribution in [3.63, 3.8) is 0 Å². The minimum absolute atomic E-state index is 0.432. The number of hydrogen-bond donors (Lipinski definition) is 0. The van der Waals surface area contributed by atoms with Crippen molar-refractivity contribution in [2.24, 2.45) is 0 Å². The highest BCUT2D eigenvalue weighted by molar-refractivity contribution is 5.46. The molecule has 1 aromatic rings. The minimum atomic E-state index is 0.432. The van der Waals surface area contributed by atoms with Crippen LogP contribution in [0.25, 0.3) is 0 Å². The summed E-state index contributed by atoms with van der Waals surface area (Å²) in [5.41, 5.74) is 7.01. The summed E-state index contributed by atoms with van der Waals surface area (Å²) >= 11 is 0. The lowest BCUT2D eigenvalue weighted by Crippen LogP contribution is -2.13. The Balaban J connectivity index is 2.13. The molecule has 0 heteroatoms. The van der Waals surface area contributed by atoms with Crippen LogP contribution in [0.4, 0.5) is 0 Å². The molecule has 3 rings (SSSR count). The van der Waals surface area contributed by atoms with Gasteiger partial charge >= 0.3 is 0 Å². The molecule has 0 saturated heterocycles. The van der Waals surface area contributed by atoms with Gasteiger partial charge in [0, 0.05) is 0 Å². The van der Waals surface area contributed by atoms with Crippen LogP contribution < -0.4 is 0 Å². The summed E-state index contributed by atoms with van der Waals surface area (Å²) in [6, 6.07) is 5.04. The van der Waals surface area contributed by atoms with Crippen LogP contribution in [0.15, 0.2) is 12.1 Å². The standard InChI is InChI=1S/C15H20/c1-15(2)8-7-13-9-11-5-3-4-6-12(11)10-14(13)15/h9-10H,3-8H2,1-2H3. The van der Waals surface area contributed by atoms with E-state index < -0.39 is 0 Å². The third-order valence-electron chi connectivity index (χ3n) is 4.32. The van der Waals surface area contributed by atoms with E-state index in [0.29, 0.717) is 5.41 Å².